The van der Waals surface area contributed by atoms with Crippen LogP contribution in [0.4, 0.5) is 11.4 Å². The highest BCUT2D eigenvalue weighted by Crippen LogP contribution is 2.26. The number of nitrogens with two attached hydrogens (primary N) is 4. The number of nitrogens with one attached hydrogen (secondary N) is 20. The SMILES string of the molecule is CN(CCC(=O)Nc1ccc2cc3ccc(NC(=O)CCN(C)CC(=O)N[C@@H](Cc4ccccc4)C(=O)N[C@@H](CCCNC(=N)N)C(=O)N[C@@H](Cc4c[nH]cn4)C(=O)N[C@@H](CCCNC(=N)N)C(=O)O)cc3nc2c1)CC(=O)N[C@@H](Cc1ccccc1)C(=O)N[C@@H](CCCNC(=N)N)C(=O)N[C@@H](Cc1c[nH]cn1)C(=O)N[C@@H](CCCNC(=N)N)C(=O)O. The topological polar surface area (TPSA) is 690 Å². The van der Waals surface area contributed by atoms with Crippen molar-refractivity contribution in [3.8, 4) is 0 Å². The predicted molar refractivity (Wildman–Crippen MR) is 453 cm³/mol. The van der Waals surface area contributed by atoms with Crippen LogP contribution in [0, 0.1) is 21.6 Å². The van der Waals surface area contributed by atoms with Gasteiger partial charge in [-0.1, -0.05) is 72.8 Å². The smallest absolute Gasteiger partial charge is 0.326 e. The lowest BCUT2D eigenvalue weighted by Gasteiger charge is -2.26. The fraction of sp³-hybridized carbons (Fsp3) is 0.405. The molecule has 0 aliphatic carbocycles. The fourth-order valence-corrected chi connectivity index (χ4v) is 12.7. The number of aliphatic carboxylic acids is 2. The lowest BCUT2D eigenvalue weighted by molar-refractivity contribution is -0.143. The molecule has 0 fully saturated rings. The van der Waals surface area contributed by atoms with Crippen LogP contribution < -0.4 is 97.4 Å². The molecule has 0 bridgehead atoms. The summed E-state index contributed by atoms with van der Waals surface area (Å²) >= 11 is 0. The van der Waals surface area contributed by atoms with Gasteiger partial charge in [-0.2, -0.15) is 0 Å². The lowest BCUT2D eigenvalue weighted by Crippen LogP contribution is -2.58. The van der Waals surface area contributed by atoms with E-state index in [9.17, 15) is 67.7 Å². The molecule has 0 saturated carbocycles. The van der Waals surface area contributed by atoms with Gasteiger partial charge in [0.1, 0.15) is 48.3 Å². The fourth-order valence-electron chi connectivity index (χ4n) is 12.7. The van der Waals surface area contributed by atoms with Crippen LogP contribution in [0.5, 0.6) is 0 Å². The van der Waals surface area contributed by atoms with Crippen molar-refractivity contribution in [2.24, 2.45) is 22.9 Å². The van der Waals surface area contributed by atoms with Crippen LogP contribution in [0.15, 0.2) is 128 Å². The highest BCUT2D eigenvalue weighted by molar-refractivity contribution is 6.01. The maximum absolute atomic E-state index is 14.5. The zero-order valence-electron chi connectivity index (χ0n) is 67.6. The predicted octanol–water partition coefficient (Wildman–Crippen LogP) is -2.57. The summed E-state index contributed by atoms with van der Waals surface area (Å²) in [6.07, 6.45) is 5.59. The van der Waals surface area contributed by atoms with Crippen molar-refractivity contribution in [2.75, 3.05) is 77.1 Å². The number of rotatable bonds is 52. The number of H-pyrrole nitrogens is 2. The minimum Gasteiger partial charge on any atom is -0.480 e. The number of likely N-dealkylation sites (N-methyl/N-ethyl adjacent to an activating group) is 2. The van der Waals surface area contributed by atoms with E-state index in [0.717, 1.165) is 10.8 Å². The summed E-state index contributed by atoms with van der Waals surface area (Å²) in [6.45, 7) is 0.147. The van der Waals surface area contributed by atoms with Gasteiger partial charge in [-0.15, -0.1) is 0 Å². The number of hydrogen-bond acceptors (Lipinski definition) is 21. The van der Waals surface area contributed by atoms with Gasteiger partial charge in [-0.3, -0.25) is 79.4 Å². The standard InChI is InChI=1S/C79H109N29O14/c1-107(42-66(111)99-60(33-46-13-5-3-6-14-46)70(115)101-54(17-9-27-90-76(80)81)68(113)105-62(38-52-40-88-44-94-52)72(117)103-56(74(119)120)19-11-29-92-78(84)85)31-25-64(109)96-50-23-21-48-35-49-22-24-51(37-59(49)98-58(48)36-50)97-65(110)26-32-108(2)43-67(112)100-61(34-47-15-7-4-8-16-47)71(116)102-55(18-10-28-91-77(82)83)69(114)106-63(39-53-41-89-45-95-53)73(118)104-57(75(121)122)20-12-30-93-79(86)87/h3-8,13-16,21-24,35-37,40-41,44-45,54-57,60-63H,9-12,17-20,25-34,38-39,42-43H2,1-2H3,(H,88,94)(H,89,95)(H,96,109)(H,97,110)(H,99,111)(H,100,112)(H,101,115)(H,102,116)(H,103,117)(H,104,118)(H,105,113)(H,106,114)(H,119,120)(H,121,122)(H4,80,81,90)(H4,82,83,91)(H4,84,85,92)(H4,86,87,93)/t54-,55-,56-,57-,60-,61-,62-,63-/m0/s1. The number of fused-ring (bicyclic) bond motifs is 2. The molecule has 0 unspecified atom stereocenters. The third-order valence-corrected chi connectivity index (χ3v) is 19.0. The molecule has 122 heavy (non-hydrogen) atoms. The van der Waals surface area contributed by atoms with Crippen molar-refractivity contribution in [3.63, 3.8) is 0 Å². The Labute approximate surface area is 701 Å². The minimum atomic E-state index is -1.41. The summed E-state index contributed by atoms with van der Waals surface area (Å²) in [5, 5.41) is 88.9. The molecule has 0 aliphatic rings. The van der Waals surface area contributed by atoms with Gasteiger partial charge in [0.05, 0.1) is 48.2 Å². The summed E-state index contributed by atoms with van der Waals surface area (Å²) in [4.78, 5) is 187. The first-order valence-electron chi connectivity index (χ1n) is 39.4. The number of hydrogen-bond donors (Lipinski definition) is 26. The Kier molecular flexibility index (Phi) is 38.1. The van der Waals surface area contributed by atoms with Gasteiger partial charge >= 0.3 is 11.9 Å². The Morgan fingerprint density at radius 2 is 0.705 bits per heavy atom. The van der Waals surface area contributed by atoms with Crippen LogP contribution in [0.25, 0.3) is 21.8 Å². The molecule has 3 heterocycles. The number of nitrogens with zero attached hydrogens (tertiary/aromatic N) is 5. The molecule has 7 rings (SSSR count). The summed E-state index contributed by atoms with van der Waals surface area (Å²) < 4.78 is 0. The molecule has 10 amide bonds. The van der Waals surface area contributed by atoms with Gasteiger partial charge in [0.15, 0.2) is 23.8 Å². The van der Waals surface area contributed by atoms with E-state index >= 15 is 0 Å². The number of carbonyl (C=O) groups is 12. The first-order valence-corrected chi connectivity index (χ1v) is 39.4. The van der Waals surface area contributed by atoms with E-state index in [0.29, 0.717) is 44.9 Å². The Balaban J connectivity index is 0.932. The van der Waals surface area contributed by atoms with Gasteiger partial charge in [0, 0.05) is 112 Å². The number of carbonyl (C=O) groups excluding carboxylic acids is 10. The highest BCUT2D eigenvalue weighted by atomic mass is 16.4. The number of aromatic amines is 2. The molecule has 4 aromatic carbocycles. The summed E-state index contributed by atoms with van der Waals surface area (Å²) in [5.74, 6) is -11.0. The van der Waals surface area contributed by atoms with Crippen LogP contribution in [0.3, 0.4) is 0 Å². The van der Waals surface area contributed by atoms with Crippen LogP contribution >= 0.6 is 0 Å². The number of imidazole rings is 2. The van der Waals surface area contributed by atoms with Crippen molar-refractivity contribution in [3.05, 3.63) is 151 Å². The van der Waals surface area contributed by atoms with E-state index in [-0.39, 0.29) is 166 Å². The molecule has 43 nitrogen and oxygen atoms in total. The van der Waals surface area contributed by atoms with E-state index in [1.165, 1.54) is 25.0 Å². The summed E-state index contributed by atoms with van der Waals surface area (Å²) in [7, 11) is 3.22. The Bertz CT molecular complexity index is 4450. The molecule has 0 saturated heterocycles. The minimum absolute atomic E-state index is 0.0275. The monoisotopic (exact) mass is 1690 g/mol. The molecule has 654 valence electrons. The van der Waals surface area contributed by atoms with Crippen molar-refractivity contribution in [1.82, 2.24) is 98.5 Å². The molecule has 8 atom stereocenters. The molecule has 0 aliphatic heterocycles. The van der Waals surface area contributed by atoms with Gasteiger partial charge < -0.3 is 118 Å². The number of benzene rings is 4. The lowest BCUT2D eigenvalue weighted by atomic mass is 10.0. The second-order valence-electron chi connectivity index (χ2n) is 29.0. The van der Waals surface area contributed by atoms with Gasteiger partial charge in [-0.05, 0) is 107 Å². The number of guanidine groups is 4. The van der Waals surface area contributed by atoms with E-state index in [1.54, 1.807) is 121 Å². The number of carboxylic acids is 2. The third-order valence-electron chi connectivity index (χ3n) is 19.0. The first-order chi connectivity index (χ1) is 58.3. The van der Waals surface area contributed by atoms with E-state index < -0.39 is 119 Å². The molecular weight excluding hydrogens is 1580 g/mol. The average molecular weight is 1690 g/mol. The molecule has 3 aromatic heterocycles. The van der Waals surface area contributed by atoms with E-state index in [2.05, 4.69) is 94.4 Å². The summed E-state index contributed by atoms with van der Waals surface area (Å²) in [6, 6.07) is 18.9. The van der Waals surface area contributed by atoms with Crippen LogP contribution in [0.2, 0.25) is 0 Å². The normalized spacial score (nSPS) is 13.0. The number of amides is 10. The van der Waals surface area contributed by atoms with E-state index in [1.807, 2.05) is 6.07 Å². The quantitative estimate of drug-likeness (QED) is 0.00806. The first kappa shape index (κ1) is 94.8. The van der Waals surface area contributed by atoms with Crippen LogP contribution in [-0.4, -0.2) is 255 Å². The zero-order chi connectivity index (χ0) is 88.6. The Hall–Kier alpha value is -14.4. The van der Waals surface area contributed by atoms with Crippen molar-refractivity contribution in [1.29, 1.82) is 21.6 Å². The summed E-state index contributed by atoms with van der Waals surface area (Å²) in [5.41, 5.74) is 25.6. The molecule has 43 heteroatoms. The molecule has 7 aromatic rings. The van der Waals surface area contributed by atoms with Crippen LogP contribution in [-0.2, 0) is 83.2 Å². The van der Waals surface area contributed by atoms with Crippen molar-refractivity contribution in [2.45, 2.75) is 138 Å². The van der Waals surface area contributed by atoms with Crippen LogP contribution in [0.1, 0.15) is 86.7 Å². The largest absolute Gasteiger partial charge is 0.480 e. The third kappa shape index (κ3) is 34.3. The second kappa shape index (κ2) is 49.1. The Morgan fingerprint density at radius 3 is 1.02 bits per heavy atom. The molecule has 0 radical (unpaired) electrons. The van der Waals surface area contributed by atoms with Gasteiger partial charge in [-0.25, -0.2) is 24.5 Å². The van der Waals surface area contributed by atoms with Gasteiger partial charge in [0.2, 0.25) is 59.1 Å². The number of anilines is 2. The zero-order valence-corrected chi connectivity index (χ0v) is 67.6. The molecular formula is C79H109N29O14. The molecule has 0 spiro atoms. The maximum Gasteiger partial charge on any atom is 0.326 e. The number of aromatic nitrogens is 5. The van der Waals surface area contributed by atoms with E-state index in [4.69, 9.17) is 49.6 Å². The van der Waals surface area contributed by atoms with Gasteiger partial charge in [0.25, 0.3) is 0 Å². The maximum atomic E-state index is 14.5. The Morgan fingerprint density at radius 1 is 0.393 bits per heavy atom. The van der Waals surface area contributed by atoms with Crippen molar-refractivity contribution >= 4 is 128 Å². The average Bonchev–Trinajstić information content (AvgIpc) is 0.855. The second-order valence-corrected chi connectivity index (χ2v) is 29.0. The highest BCUT2D eigenvalue weighted by Gasteiger charge is 2.35. The number of carboxylic acid groups (broad SMARTS) is 2. The van der Waals surface area contributed by atoms with Crippen molar-refractivity contribution < 1.29 is 67.7 Å². The number of pyridine rings is 1. The molecule has 30 N–H and O–H groups in total.